The number of nitrogens with zero attached hydrogens (tertiary/aromatic N) is 2. The van der Waals surface area contributed by atoms with E-state index in [2.05, 4.69) is 11.8 Å². The Morgan fingerprint density at radius 1 is 1.21 bits per heavy atom. The zero-order valence-electron chi connectivity index (χ0n) is 10.2. The zero-order chi connectivity index (χ0) is 11.1. The molecule has 1 atom stereocenters. The van der Waals surface area contributed by atoms with Crippen molar-refractivity contribution in [3.05, 3.63) is 0 Å². The van der Waals surface area contributed by atoms with Gasteiger partial charge >= 0.3 is 0 Å². The van der Waals surface area contributed by atoms with Crippen molar-refractivity contribution in [2.45, 2.75) is 39.7 Å². The molecule has 0 spiro atoms. The van der Waals surface area contributed by atoms with Gasteiger partial charge in [-0.05, 0) is 41.3 Å². The first kappa shape index (κ1) is 13.4. The molecule has 3 heteroatoms. The third-order valence-corrected chi connectivity index (χ3v) is 2.77. The van der Waals surface area contributed by atoms with Gasteiger partial charge in [0.15, 0.2) is 0 Å². The Morgan fingerprint density at radius 3 is 2.07 bits per heavy atom. The SMILES string of the molecule is CCN(CC)C(=O)CCC(C)N(C)C. The van der Waals surface area contributed by atoms with E-state index in [1.165, 1.54) is 0 Å². The van der Waals surface area contributed by atoms with Crippen molar-refractivity contribution in [2.75, 3.05) is 27.2 Å². The van der Waals surface area contributed by atoms with E-state index in [0.717, 1.165) is 19.5 Å². The fourth-order valence-electron chi connectivity index (χ4n) is 1.32. The number of hydrogen-bond donors (Lipinski definition) is 0. The lowest BCUT2D eigenvalue weighted by atomic mass is 10.1. The lowest BCUT2D eigenvalue weighted by Crippen LogP contribution is -2.32. The van der Waals surface area contributed by atoms with Crippen LogP contribution in [0.15, 0.2) is 0 Å². The first-order chi connectivity index (χ1) is 6.52. The summed E-state index contributed by atoms with van der Waals surface area (Å²) in [6.45, 7) is 7.85. The second kappa shape index (κ2) is 6.82. The van der Waals surface area contributed by atoms with Crippen molar-refractivity contribution < 1.29 is 4.79 Å². The lowest BCUT2D eigenvalue weighted by Gasteiger charge is -2.22. The van der Waals surface area contributed by atoms with Crippen molar-refractivity contribution in [1.29, 1.82) is 0 Å². The minimum Gasteiger partial charge on any atom is -0.343 e. The summed E-state index contributed by atoms with van der Waals surface area (Å²) in [4.78, 5) is 15.7. The van der Waals surface area contributed by atoms with Crippen LogP contribution in [0, 0.1) is 0 Å². The predicted molar refractivity (Wildman–Crippen MR) is 60.3 cm³/mol. The molecule has 1 unspecified atom stereocenters. The summed E-state index contributed by atoms with van der Waals surface area (Å²) < 4.78 is 0. The van der Waals surface area contributed by atoms with Crippen molar-refractivity contribution in [3.63, 3.8) is 0 Å². The van der Waals surface area contributed by atoms with Crippen molar-refractivity contribution in [2.24, 2.45) is 0 Å². The number of carbonyl (C=O) groups excluding carboxylic acids is 1. The normalized spacial score (nSPS) is 13.0. The number of amides is 1. The quantitative estimate of drug-likeness (QED) is 0.650. The monoisotopic (exact) mass is 200 g/mol. The molecule has 0 heterocycles. The van der Waals surface area contributed by atoms with Gasteiger partial charge in [-0.2, -0.15) is 0 Å². The van der Waals surface area contributed by atoms with Gasteiger partial charge in [0.2, 0.25) is 5.91 Å². The molecule has 0 saturated carbocycles. The maximum Gasteiger partial charge on any atom is 0.222 e. The van der Waals surface area contributed by atoms with Crippen molar-refractivity contribution >= 4 is 5.91 Å². The average molecular weight is 200 g/mol. The Hall–Kier alpha value is -0.570. The Kier molecular flexibility index (Phi) is 6.54. The van der Waals surface area contributed by atoms with Crippen LogP contribution in [0.4, 0.5) is 0 Å². The Bertz CT molecular complexity index is 165. The molecule has 0 aromatic rings. The van der Waals surface area contributed by atoms with E-state index in [0.29, 0.717) is 12.5 Å². The molecule has 0 bridgehead atoms. The van der Waals surface area contributed by atoms with E-state index in [-0.39, 0.29) is 5.91 Å². The second-order valence-electron chi connectivity index (χ2n) is 3.92. The molecule has 0 N–H and O–H groups in total. The van der Waals surface area contributed by atoms with Gasteiger partial charge in [-0.3, -0.25) is 4.79 Å². The van der Waals surface area contributed by atoms with Gasteiger partial charge in [-0.1, -0.05) is 0 Å². The summed E-state index contributed by atoms with van der Waals surface area (Å²) in [5.74, 6) is 0.281. The van der Waals surface area contributed by atoms with Crippen LogP contribution < -0.4 is 0 Å². The molecule has 0 aromatic heterocycles. The highest BCUT2D eigenvalue weighted by molar-refractivity contribution is 5.76. The number of rotatable bonds is 6. The average Bonchev–Trinajstić information content (AvgIpc) is 2.15. The van der Waals surface area contributed by atoms with Gasteiger partial charge in [-0.25, -0.2) is 0 Å². The minimum absolute atomic E-state index is 0.281. The van der Waals surface area contributed by atoms with Gasteiger partial charge in [0.05, 0.1) is 0 Å². The van der Waals surface area contributed by atoms with Crippen molar-refractivity contribution in [3.8, 4) is 0 Å². The lowest BCUT2D eigenvalue weighted by molar-refractivity contribution is -0.131. The van der Waals surface area contributed by atoms with E-state index in [1.54, 1.807) is 0 Å². The van der Waals surface area contributed by atoms with E-state index in [4.69, 9.17) is 0 Å². The highest BCUT2D eigenvalue weighted by Gasteiger charge is 2.12. The first-order valence-corrected chi connectivity index (χ1v) is 5.47. The molecule has 1 amide bonds. The van der Waals surface area contributed by atoms with Crippen LogP contribution in [-0.2, 0) is 4.79 Å². The van der Waals surface area contributed by atoms with E-state index in [1.807, 2.05) is 32.8 Å². The number of hydrogen-bond acceptors (Lipinski definition) is 2. The molecule has 0 aromatic carbocycles. The summed E-state index contributed by atoms with van der Waals surface area (Å²) in [6.07, 6.45) is 1.61. The molecule has 84 valence electrons. The summed E-state index contributed by atoms with van der Waals surface area (Å²) in [7, 11) is 4.10. The van der Waals surface area contributed by atoms with Gasteiger partial charge in [0.25, 0.3) is 0 Å². The van der Waals surface area contributed by atoms with Crippen LogP contribution in [0.5, 0.6) is 0 Å². The second-order valence-corrected chi connectivity index (χ2v) is 3.92. The van der Waals surface area contributed by atoms with Crippen LogP contribution >= 0.6 is 0 Å². The van der Waals surface area contributed by atoms with E-state index in [9.17, 15) is 4.79 Å². The van der Waals surface area contributed by atoms with Gasteiger partial charge in [0.1, 0.15) is 0 Å². The fraction of sp³-hybridized carbons (Fsp3) is 0.909. The molecule has 3 nitrogen and oxygen atoms in total. The topological polar surface area (TPSA) is 23.6 Å². The van der Waals surface area contributed by atoms with Gasteiger partial charge in [0, 0.05) is 25.6 Å². The third kappa shape index (κ3) is 4.61. The summed E-state index contributed by atoms with van der Waals surface area (Å²) in [6, 6.07) is 0.481. The fourth-order valence-corrected chi connectivity index (χ4v) is 1.32. The Labute approximate surface area is 88.1 Å². The maximum atomic E-state index is 11.6. The largest absolute Gasteiger partial charge is 0.343 e. The molecule has 0 rings (SSSR count). The molecule has 0 fully saturated rings. The molecule has 0 radical (unpaired) electrons. The standard InChI is InChI=1S/C11H24N2O/c1-6-13(7-2)11(14)9-8-10(3)12(4)5/h10H,6-9H2,1-5H3. The zero-order valence-corrected chi connectivity index (χ0v) is 10.2. The van der Waals surface area contributed by atoms with Crippen LogP contribution in [0.3, 0.4) is 0 Å². The van der Waals surface area contributed by atoms with Crippen LogP contribution in [0.2, 0.25) is 0 Å². The molecule has 0 saturated heterocycles. The van der Waals surface area contributed by atoms with Gasteiger partial charge < -0.3 is 9.80 Å². The van der Waals surface area contributed by atoms with Gasteiger partial charge in [-0.15, -0.1) is 0 Å². The summed E-state index contributed by atoms with van der Waals surface area (Å²) >= 11 is 0. The minimum atomic E-state index is 0.281. The highest BCUT2D eigenvalue weighted by atomic mass is 16.2. The van der Waals surface area contributed by atoms with Crippen LogP contribution in [0.1, 0.15) is 33.6 Å². The first-order valence-electron chi connectivity index (χ1n) is 5.47. The van der Waals surface area contributed by atoms with E-state index < -0.39 is 0 Å². The highest BCUT2D eigenvalue weighted by Crippen LogP contribution is 2.04. The van der Waals surface area contributed by atoms with Crippen LogP contribution in [-0.4, -0.2) is 48.9 Å². The molecule has 14 heavy (non-hydrogen) atoms. The maximum absolute atomic E-state index is 11.6. The summed E-state index contributed by atoms with van der Waals surface area (Å²) in [5.41, 5.74) is 0. The molecule has 0 aliphatic carbocycles. The Morgan fingerprint density at radius 2 is 1.71 bits per heavy atom. The molecule has 0 aliphatic rings. The van der Waals surface area contributed by atoms with Crippen molar-refractivity contribution in [1.82, 2.24) is 9.80 Å². The third-order valence-electron chi connectivity index (χ3n) is 2.77. The van der Waals surface area contributed by atoms with Crippen LogP contribution in [0.25, 0.3) is 0 Å². The molecule has 0 aliphatic heterocycles. The predicted octanol–water partition coefficient (Wildman–Crippen LogP) is 1.59. The molecular formula is C11H24N2O. The summed E-state index contributed by atoms with van der Waals surface area (Å²) in [5, 5.41) is 0. The molecular weight excluding hydrogens is 176 g/mol. The number of carbonyl (C=O) groups is 1. The smallest absolute Gasteiger partial charge is 0.222 e. The van der Waals surface area contributed by atoms with E-state index >= 15 is 0 Å². The Balaban J connectivity index is 3.83.